The second-order valence-corrected chi connectivity index (χ2v) is 5.73. The molecule has 1 fully saturated rings. The molecule has 0 aromatic heterocycles. The van der Waals surface area contributed by atoms with Gasteiger partial charge in [-0.25, -0.2) is 0 Å². The Labute approximate surface area is 131 Å². The summed E-state index contributed by atoms with van der Waals surface area (Å²) in [5.41, 5.74) is 0.557. The molecular formula is C17H24N2O3. The zero-order valence-electron chi connectivity index (χ0n) is 13.0. The quantitative estimate of drug-likeness (QED) is 0.808. The number of benzene rings is 1. The summed E-state index contributed by atoms with van der Waals surface area (Å²) in [5.74, 6) is -0.396. The zero-order chi connectivity index (χ0) is 15.8. The molecule has 0 spiro atoms. The Morgan fingerprint density at radius 2 is 2.09 bits per heavy atom. The van der Waals surface area contributed by atoms with Crippen LogP contribution in [0, 0.1) is 0 Å². The van der Waals surface area contributed by atoms with Crippen molar-refractivity contribution in [3.63, 3.8) is 0 Å². The van der Waals surface area contributed by atoms with E-state index < -0.39 is 0 Å². The highest BCUT2D eigenvalue weighted by molar-refractivity contribution is 5.96. The van der Waals surface area contributed by atoms with E-state index in [2.05, 4.69) is 10.6 Å². The van der Waals surface area contributed by atoms with Gasteiger partial charge >= 0.3 is 0 Å². The summed E-state index contributed by atoms with van der Waals surface area (Å²) in [6.07, 6.45) is 4.46. The first-order valence-electron chi connectivity index (χ1n) is 7.89. The summed E-state index contributed by atoms with van der Waals surface area (Å²) in [4.78, 5) is 23.7. The van der Waals surface area contributed by atoms with Gasteiger partial charge in [-0.3, -0.25) is 9.59 Å². The summed E-state index contributed by atoms with van der Waals surface area (Å²) in [6, 6.07) is 8.96. The van der Waals surface area contributed by atoms with Crippen molar-refractivity contribution in [2.75, 3.05) is 13.2 Å². The summed E-state index contributed by atoms with van der Waals surface area (Å²) in [5, 5.41) is 5.53. The molecule has 1 aromatic rings. The molecule has 2 N–H and O–H groups in total. The number of hydrogen-bond acceptors (Lipinski definition) is 3. The standard InChI is InChI=1S/C17H24N2O3/c1-13(9-10-15-8-5-11-22-15)19-16(20)12-18-17(21)14-6-3-2-4-7-14/h2-4,6-7,13,15H,5,8-12H2,1H3,(H,18,21)(H,19,20)/t13-,15+/m1/s1. The summed E-state index contributed by atoms with van der Waals surface area (Å²) in [7, 11) is 0. The molecule has 1 aromatic carbocycles. The number of amides is 2. The topological polar surface area (TPSA) is 67.4 Å². The van der Waals surface area contributed by atoms with E-state index in [1.54, 1.807) is 24.3 Å². The van der Waals surface area contributed by atoms with Crippen LogP contribution in [-0.4, -0.2) is 37.1 Å². The fraction of sp³-hybridized carbons (Fsp3) is 0.529. The molecule has 0 aliphatic carbocycles. The van der Waals surface area contributed by atoms with Gasteiger partial charge in [0.2, 0.25) is 5.91 Å². The highest BCUT2D eigenvalue weighted by Crippen LogP contribution is 2.17. The first-order chi connectivity index (χ1) is 10.6. The van der Waals surface area contributed by atoms with Crippen LogP contribution in [0.15, 0.2) is 30.3 Å². The van der Waals surface area contributed by atoms with Crippen molar-refractivity contribution >= 4 is 11.8 Å². The Kier molecular flexibility index (Phi) is 6.40. The van der Waals surface area contributed by atoms with Crippen molar-refractivity contribution in [3.05, 3.63) is 35.9 Å². The maximum absolute atomic E-state index is 11.8. The maximum Gasteiger partial charge on any atom is 0.251 e. The normalized spacial score (nSPS) is 18.7. The van der Waals surface area contributed by atoms with E-state index in [1.807, 2.05) is 13.0 Å². The lowest BCUT2D eigenvalue weighted by Gasteiger charge is -2.16. The molecule has 1 heterocycles. The first kappa shape index (κ1) is 16.5. The predicted molar refractivity (Wildman–Crippen MR) is 84.6 cm³/mol. The van der Waals surface area contributed by atoms with Crippen LogP contribution in [0.25, 0.3) is 0 Å². The molecule has 0 saturated carbocycles. The molecule has 120 valence electrons. The maximum atomic E-state index is 11.8. The van der Waals surface area contributed by atoms with Crippen LogP contribution in [0.3, 0.4) is 0 Å². The SMILES string of the molecule is C[C@H](CC[C@@H]1CCCO1)NC(=O)CNC(=O)c1ccccc1. The van der Waals surface area contributed by atoms with Gasteiger partial charge in [-0.15, -0.1) is 0 Å². The average molecular weight is 304 g/mol. The summed E-state index contributed by atoms with van der Waals surface area (Å²) < 4.78 is 5.57. The van der Waals surface area contributed by atoms with Gasteiger partial charge in [-0.05, 0) is 44.7 Å². The van der Waals surface area contributed by atoms with E-state index in [0.717, 1.165) is 32.3 Å². The van der Waals surface area contributed by atoms with Crippen LogP contribution in [0.1, 0.15) is 43.0 Å². The van der Waals surface area contributed by atoms with Gasteiger partial charge in [0.05, 0.1) is 12.6 Å². The van der Waals surface area contributed by atoms with Gasteiger partial charge in [0.25, 0.3) is 5.91 Å². The van der Waals surface area contributed by atoms with Crippen molar-refractivity contribution < 1.29 is 14.3 Å². The Bertz CT molecular complexity index is 484. The number of hydrogen-bond donors (Lipinski definition) is 2. The minimum absolute atomic E-state index is 0.00199. The van der Waals surface area contributed by atoms with E-state index in [4.69, 9.17) is 4.74 Å². The molecule has 2 atom stereocenters. The highest BCUT2D eigenvalue weighted by atomic mass is 16.5. The van der Waals surface area contributed by atoms with Crippen molar-refractivity contribution in [2.45, 2.75) is 44.8 Å². The predicted octanol–water partition coefficient (Wildman–Crippen LogP) is 1.88. The third-order valence-corrected chi connectivity index (χ3v) is 3.80. The average Bonchev–Trinajstić information content (AvgIpc) is 3.05. The van der Waals surface area contributed by atoms with Crippen LogP contribution < -0.4 is 10.6 Å². The van der Waals surface area contributed by atoms with Crippen LogP contribution in [-0.2, 0) is 9.53 Å². The lowest BCUT2D eigenvalue weighted by atomic mass is 10.1. The molecule has 2 rings (SSSR count). The Morgan fingerprint density at radius 1 is 1.32 bits per heavy atom. The molecule has 1 aliphatic heterocycles. The second-order valence-electron chi connectivity index (χ2n) is 5.73. The molecule has 22 heavy (non-hydrogen) atoms. The number of rotatable bonds is 7. The van der Waals surface area contributed by atoms with E-state index >= 15 is 0 Å². The fourth-order valence-corrected chi connectivity index (χ4v) is 2.56. The Hall–Kier alpha value is -1.88. The largest absolute Gasteiger partial charge is 0.378 e. The number of carbonyl (C=O) groups is 2. The van der Waals surface area contributed by atoms with Crippen molar-refractivity contribution in [1.29, 1.82) is 0 Å². The third kappa shape index (κ3) is 5.48. The van der Waals surface area contributed by atoms with Crippen LogP contribution >= 0.6 is 0 Å². The van der Waals surface area contributed by atoms with Gasteiger partial charge in [0.1, 0.15) is 0 Å². The van der Waals surface area contributed by atoms with Gasteiger partial charge < -0.3 is 15.4 Å². The molecule has 1 aliphatic rings. The number of ether oxygens (including phenoxy) is 1. The van der Waals surface area contributed by atoms with Crippen LogP contribution in [0.4, 0.5) is 0 Å². The molecular weight excluding hydrogens is 280 g/mol. The molecule has 2 amide bonds. The third-order valence-electron chi connectivity index (χ3n) is 3.80. The van der Waals surface area contributed by atoms with E-state index in [0.29, 0.717) is 11.7 Å². The van der Waals surface area contributed by atoms with E-state index in [9.17, 15) is 9.59 Å². The van der Waals surface area contributed by atoms with Gasteiger partial charge in [0.15, 0.2) is 0 Å². The molecule has 5 nitrogen and oxygen atoms in total. The highest BCUT2D eigenvalue weighted by Gasteiger charge is 2.17. The van der Waals surface area contributed by atoms with E-state index in [-0.39, 0.29) is 24.4 Å². The van der Waals surface area contributed by atoms with Crippen molar-refractivity contribution in [1.82, 2.24) is 10.6 Å². The van der Waals surface area contributed by atoms with E-state index in [1.165, 1.54) is 0 Å². The van der Waals surface area contributed by atoms with Crippen LogP contribution in [0.2, 0.25) is 0 Å². The van der Waals surface area contributed by atoms with Gasteiger partial charge in [-0.1, -0.05) is 18.2 Å². The lowest BCUT2D eigenvalue weighted by molar-refractivity contribution is -0.120. The Balaban J connectivity index is 1.63. The molecule has 0 radical (unpaired) electrons. The van der Waals surface area contributed by atoms with Crippen LogP contribution in [0.5, 0.6) is 0 Å². The minimum Gasteiger partial charge on any atom is -0.378 e. The van der Waals surface area contributed by atoms with Gasteiger partial charge in [0, 0.05) is 18.2 Å². The van der Waals surface area contributed by atoms with Crippen molar-refractivity contribution in [3.8, 4) is 0 Å². The zero-order valence-corrected chi connectivity index (χ0v) is 13.0. The second kappa shape index (κ2) is 8.54. The fourth-order valence-electron chi connectivity index (χ4n) is 2.56. The Morgan fingerprint density at radius 3 is 2.77 bits per heavy atom. The smallest absolute Gasteiger partial charge is 0.251 e. The van der Waals surface area contributed by atoms with Crippen molar-refractivity contribution in [2.24, 2.45) is 0 Å². The number of nitrogens with one attached hydrogen (secondary N) is 2. The first-order valence-corrected chi connectivity index (χ1v) is 7.89. The molecule has 0 bridgehead atoms. The molecule has 5 heteroatoms. The lowest BCUT2D eigenvalue weighted by Crippen LogP contribution is -2.41. The summed E-state index contributed by atoms with van der Waals surface area (Å²) in [6.45, 7) is 2.83. The number of carbonyl (C=O) groups excluding carboxylic acids is 2. The molecule has 0 unspecified atom stereocenters. The minimum atomic E-state index is -0.234. The monoisotopic (exact) mass is 304 g/mol. The van der Waals surface area contributed by atoms with Gasteiger partial charge in [-0.2, -0.15) is 0 Å². The molecule has 1 saturated heterocycles. The summed E-state index contributed by atoms with van der Waals surface area (Å²) >= 11 is 0.